The summed E-state index contributed by atoms with van der Waals surface area (Å²) in [7, 11) is 0. The molecule has 1 N–H and O–H groups in total. The fraction of sp³-hybridized carbons (Fsp3) is 0.300. The summed E-state index contributed by atoms with van der Waals surface area (Å²) in [5.41, 5.74) is 2.43. The van der Waals surface area contributed by atoms with Gasteiger partial charge in [0.1, 0.15) is 5.78 Å². The molecule has 23 heavy (non-hydrogen) atoms. The summed E-state index contributed by atoms with van der Waals surface area (Å²) in [4.78, 5) is 22.0. The highest BCUT2D eigenvalue weighted by Gasteiger charge is 2.09. The van der Waals surface area contributed by atoms with E-state index in [-0.39, 0.29) is 5.78 Å². The SMILES string of the molecule is CCC(=O)CCc1ccccc1C(=O)O.CCc1ccccc1. The van der Waals surface area contributed by atoms with E-state index in [2.05, 4.69) is 31.2 Å². The molecular formula is C20H24O3. The maximum atomic E-state index is 11.1. The lowest BCUT2D eigenvalue weighted by atomic mass is 10.0. The second-order valence-corrected chi connectivity index (χ2v) is 5.19. The Morgan fingerprint density at radius 1 is 0.913 bits per heavy atom. The third-order valence-corrected chi connectivity index (χ3v) is 3.57. The Morgan fingerprint density at radius 2 is 1.52 bits per heavy atom. The van der Waals surface area contributed by atoms with Crippen LogP contribution in [0.25, 0.3) is 0 Å². The average Bonchev–Trinajstić information content (AvgIpc) is 2.61. The molecule has 0 atom stereocenters. The van der Waals surface area contributed by atoms with E-state index in [1.54, 1.807) is 24.3 Å². The lowest BCUT2D eigenvalue weighted by molar-refractivity contribution is -0.118. The number of benzene rings is 2. The Morgan fingerprint density at radius 3 is 2.04 bits per heavy atom. The minimum atomic E-state index is -0.936. The summed E-state index contributed by atoms with van der Waals surface area (Å²) < 4.78 is 0. The molecule has 0 aliphatic heterocycles. The van der Waals surface area contributed by atoms with Gasteiger partial charge in [-0.2, -0.15) is 0 Å². The van der Waals surface area contributed by atoms with Gasteiger partial charge in [-0.1, -0.05) is 62.4 Å². The molecule has 2 rings (SSSR count). The molecule has 0 aliphatic rings. The van der Waals surface area contributed by atoms with Crippen molar-refractivity contribution in [1.29, 1.82) is 0 Å². The zero-order valence-electron chi connectivity index (χ0n) is 13.8. The van der Waals surface area contributed by atoms with Crippen LogP contribution < -0.4 is 0 Å². The van der Waals surface area contributed by atoms with E-state index < -0.39 is 5.97 Å². The number of ketones is 1. The summed E-state index contributed by atoms with van der Waals surface area (Å²) in [6.07, 6.45) is 2.58. The molecule has 0 fully saturated rings. The molecular weight excluding hydrogens is 288 g/mol. The van der Waals surface area contributed by atoms with E-state index >= 15 is 0 Å². The van der Waals surface area contributed by atoms with E-state index in [0.29, 0.717) is 24.8 Å². The van der Waals surface area contributed by atoms with E-state index in [1.165, 1.54) is 5.56 Å². The van der Waals surface area contributed by atoms with Gasteiger partial charge in [0.05, 0.1) is 5.56 Å². The predicted molar refractivity (Wildman–Crippen MR) is 92.8 cm³/mol. The third-order valence-electron chi connectivity index (χ3n) is 3.57. The van der Waals surface area contributed by atoms with Gasteiger partial charge in [0.25, 0.3) is 0 Å². The fourth-order valence-corrected chi connectivity index (χ4v) is 2.11. The number of Topliss-reactive ketones (excluding diaryl/α,β-unsaturated/α-hetero) is 1. The predicted octanol–water partition coefficient (Wildman–Crippen LogP) is 4.55. The van der Waals surface area contributed by atoms with Crippen LogP contribution in [-0.2, 0) is 17.6 Å². The zero-order valence-corrected chi connectivity index (χ0v) is 13.8. The lowest BCUT2D eigenvalue weighted by Crippen LogP contribution is -2.04. The number of aromatic carboxylic acids is 1. The van der Waals surface area contributed by atoms with Gasteiger partial charge in [-0.05, 0) is 30.0 Å². The smallest absolute Gasteiger partial charge is 0.335 e. The molecule has 0 spiro atoms. The summed E-state index contributed by atoms with van der Waals surface area (Å²) in [6, 6.07) is 17.3. The van der Waals surface area contributed by atoms with Crippen molar-refractivity contribution in [3.63, 3.8) is 0 Å². The third kappa shape index (κ3) is 6.92. The van der Waals surface area contributed by atoms with Crippen molar-refractivity contribution in [1.82, 2.24) is 0 Å². The number of aryl methyl sites for hydroxylation is 2. The van der Waals surface area contributed by atoms with Gasteiger partial charge in [0, 0.05) is 12.8 Å². The van der Waals surface area contributed by atoms with Crippen LogP contribution in [0.4, 0.5) is 0 Å². The molecule has 122 valence electrons. The molecule has 0 aromatic heterocycles. The van der Waals surface area contributed by atoms with Crippen LogP contribution in [0.3, 0.4) is 0 Å². The molecule has 0 unspecified atom stereocenters. The van der Waals surface area contributed by atoms with Gasteiger partial charge in [-0.15, -0.1) is 0 Å². The van der Waals surface area contributed by atoms with Crippen molar-refractivity contribution in [3.8, 4) is 0 Å². The number of carbonyl (C=O) groups is 2. The van der Waals surface area contributed by atoms with Gasteiger partial charge in [-0.3, -0.25) is 4.79 Å². The minimum Gasteiger partial charge on any atom is -0.478 e. The standard InChI is InChI=1S/C12H14O3.C8H10/c1-2-10(13)8-7-9-5-3-4-6-11(9)12(14)15;1-2-8-6-4-3-5-7-8/h3-6H,2,7-8H2,1H3,(H,14,15);3-7H,2H2,1H3. The van der Waals surface area contributed by atoms with E-state index in [1.807, 2.05) is 13.0 Å². The second-order valence-electron chi connectivity index (χ2n) is 5.19. The Hall–Kier alpha value is -2.42. The molecule has 0 heterocycles. The van der Waals surface area contributed by atoms with Crippen molar-refractivity contribution < 1.29 is 14.7 Å². The first-order valence-electron chi connectivity index (χ1n) is 7.95. The van der Waals surface area contributed by atoms with Crippen LogP contribution in [0, 0.1) is 0 Å². The van der Waals surface area contributed by atoms with E-state index in [0.717, 1.165) is 12.0 Å². The molecule has 0 amide bonds. The van der Waals surface area contributed by atoms with Crippen LogP contribution >= 0.6 is 0 Å². The molecule has 2 aromatic rings. The van der Waals surface area contributed by atoms with Crippen LogP contribution in [0.2, 0.25) is 0 Å². The molecule has 0 aliphatic carbocycles. The zero-order chi connectivity index (χ0) is 17.1. The van der Waals surface area contributed by atoms with Gasteiger partial charge in [0.15, 0.2) is 0 Å². The number of hydrogen-bond acceptors (Lipinski definition) is 2. The number of carboxylic acid groups (broad SMARTS) is 1. The normalized spacial score (nSPS) is 9.65. The Balaban J connectivity index is 0.000000277. The highest BCUT2D eigenvalue weighted by Crippen LogP contribution is 2.11. The number of carbonyl (C=O) groups excluding carboxylic acids is 1. The maximum Gasteiger partial charge on any atom is 0.335 e. The quantitative estimate of drug-likeness (QED) is 0.851. The summed E-state index contributed by atoms with van der Waals surface area (Å²) >= 11 is 0. The van der Waals surface area contributed by atoms with Gasteiger partial charge < -0.3 is 5.11 Å². The molecule has 0 radical (unpaired) electrons. The number of rotatable bonds is 6. The highest BCUT2D eigenvalue weighted by atomic mass is 16.4. The molecule has 0 saturated heterocycles. The Bertz CT molecular complexity index is 618. The van der Waals surface area contributed by atoms with Crippen molar-refractivity contribution in [3.05, 3.63) is 71.3 Å². The van der Waals surface area contributed by atoms with Crippen LogP contribution in [-0.4, -0.2) is 16.9 Å². The first-order valence-corrected chi connectivity index (χ1v) is 7.95. The largest absolute Gasteiger partial charge is 0.478 e. The van der Waals surface area contributed by atoms with Gasteiger partial charge in [-0.25, -0.2) is 4.79 Å². The summed E-state index contributed by atoms with van der Waals surface area (Å²) in [5, 5.41) is 8.90. The molecule has 3 nitrogen and oxygen atoms in total. The highest BCUT2D eigenvalue weighted by molar-refractivity contribution is 5.89. The number of hydrogen-bond donors (Lipinski definition) is 1. The van der Waals surface area contributed by atoms with Gasteiger partial charge in [0.2, 0.25) is 0 Å². The minimum absolute atomic E-state index is 0.162. The first kappa shape index (κ1) is 18.6. The van der Waals surface area contributed by atoms with Crippen molar-refractivity contribution in [2.75, 3.05) is 0 Å². The van der Waals surface area contributed by atoms with Crippen LogP contribution in [0.15, 0.2) is 54.6 Å². The molecule has 2 aromatic carbocycles. The number of carboxylic acids is 1. The monoisotopic (exact) mass is 312 g/mol. The molecule has 0 saturated carbocycles. The lowest BCUT2D eigenvalue weighted by Gasteiger charge is -2.04. The van der Waals surface area contributed by atoms with Crippen LogP contribution in [0.1, 0.15) is 48.2 Å². The Kier molecular flexibility index (Phi) is 8.37. The van der Waals surface area contributed by atoms with Crippen molar-refractivity contribution in [2.45, 2.75) is 39.5 Å². The molecule has 3 heteroatoms. The van der Waals surface area contributed by atoms with Gasteiger partial charge >= 0.3 is 5.97 Å². The topological polar surface area (TPSA) is 54.4 Å². The van der Waals surface area contributed by atoms with Crippen molar-refractivity contribution in [2.24, 2.45) is 0 Å². The average molecular weight is 312 g/mol. The fourth-order valence-electron chi connectivity index (χ4n) is 2.11. The van der Waals surface area contributed by atoms with Crippen LogP contribution in [0.5, 0.6) is 0 Å². The van der Waals surface area contributed by atoms with E-state index in [9.17, 15) is 9.59 Å². The van der Waals surface area contributed by atoms with Crippen molar-refractivity contribution >= 4 is 11.8 Å². The Labute approximate surface area is 138 Å². The molecule has 0 bridgehead atoms. The maximum absolute atomic E-state index is 11.1. The second kappa shape index (κ2) is 10.3. The summed E-state index contributed by atoms with van der Waals surface area (Å²) in [5.74, 6) is -0.773. The summed E-state index contributed by atoms with van der Waals surface area (Å²) in [6.45, 7) is 3.97. The first-order chi connectivity index (χ1) is 11.1. The van der Waals surface area contributed by atoms with E-state index in [4.69, 9.17) is 5.11 Å².